The molecule has 4 rings (SSSR count). The molecule has 2 aliphatic rings. The Bertz CT molecular complexity index is 968. The summed E-state index contributed by atoms with van der Waals surface area (Å²) in [5.74, 6) is -1.06. The maximum Gasteiger partial charge on any atom is 0.350 e. The van der Waals surface area contributed by atoms with E-state index in [0.717, 1.165) is 5.56 Å². The van der Waals surface area contributed by atoms with Gasteiger partial charge in [-0.15, -0.1) is 0 Å². The van der Waals surface area contributed by atoms with Crippen LogP contribution in [0, 0.1) is 0 Å². The fourth-order valence-corrected chi connectivity index (χ4v) is 3.73. The summed E-state index contributed by atoms with van der Waals surface area (Å²) in [6, 6.07) is 16.6. The zero-order valence-corrected chi connectivity index (χ0v) is 16.5. The van der Waals surface area contributed by atoms with Crippen molar-refractivity contribution < 1.29 is 28.7 Å². The quantitative estimate of drug-likeness (QED) is 0.372. The van der Waals surface area contributed by atoms with Gasteiger partial charge in [0.25, 0.3) is 5.91 Å². The number of β-lactam (4-membered cyclic amide) rings is 1. The number of nitrogens with one attached hydrogen (secondary N) is 1. The van der Waals surface area contributed by atoms with Crippen LogP contribution in [0.3, 0.4) is 0 Å². The van der Waals surface area contributed by atoms with Gasteiger partial charge < -0.3 is 24.6 Å². The molecular weight excluding hydrogens is 402 g/mol. The van der Waals surface area contributed by atoms with Crippen molar-refractivity contribution in [3.8, 4) is 5.75 Å². The molecule has 0 radical (unpaired) electrons. The first-order valence-electron chi connectivity index (χ1n) is 9.79. The number of rotatable bonds is 8. The van der Waals surface area contributed by atoms with Gasteiger partial charge in [0.1, 0.15) is 18.4 Å². The normalized spacial score (nSPS) is 21.7. The van der Waals surface area contributed by atoms with Crippen molar-refractivity contribution in [3.05, 3.63) is 66.2 Å². The lowest BCUT2D eigenvalue weighted by Gasteiger charge is -2.43. The number of ether oxygens (including phenoxy) is 2. The first-order chi connectivity index (χ1) is 15.1. The third-order valence-corrected chi connectivity index (χ3v) is 5.24. The Balaban J connectivity index is 1.33. The van der Waals surface area contributed by atoms with E-state index in [9.17, 15) is 19.2 Å². The Kier molecular flexibility index (Phi) is 5.83. The van der Waals surface area contributed by atoms with E-state index in [1.165, 1.54) is 9.80 Å². The van der Waals surface area contributed by atoms with Gasteiger partial charge in [-0.3, -0.25) is 14.4 Å². The Labute approximate surface area is 178 Å². The molecule has 0 aromatic heterocycles. The summed E-state index contributed by atoms with van der Waals surface area (Å²) in [7, 11) is 0. The molecule has 2 heterocycles. The number of hydrogen-bond acceptors (Lipinski definition) is 6. The zero-order chi connectivity index (χ0) is 21.8. The van der Waals surface area contributed by atoms with Crippen LogP contribution >= 0.6 is 0 Å². The van der Waals surface area contributed by atoms with E-state index in [-0.39, 0.29) is 19.8 Å². The largest absolute Gasteiger partial charge is 0.484 e. The predicted octanol–water partition coefficient (Wildman–Crippen LogP) is 0.303. The van der Waals surface area contributed by atoms with E-state index in [0.29, 0.717) is 12.2 Å². The van der Waals surface area contributed by atoms with E-state index in [1.807, 2.05) is 24.3 Å². The highest BCUT2D eigenvalue weighted by Gasteiger charge is 2.60. The van der Waals surface area contributed by atoms with Crippen LogP contribution in [0.25, 0.3) is 0 Å². The molecular formula is C22H21N3O6. The zero-order valence-electron chi connectivity index (χ0n) is 16.5. The summed E-state index contributed by atoms with van der Waals surface area (Å²) < 4.78 is 10.7. The van der Waals surface area contributed by atoms with E-state index in [2.05, 4.69) is 5.32 Å². The van der Waals surface area contributed by atoms with Gasteiger partial charge in [-0.05, 0) is 17.7 Å². The molecule has 0 aliphatic carbocycles. The van der Waals surface area contributed by atoms with Crippen molar-refractivity contribution in [2.24, 2.45) is 0 Å². The van der Waals surface area contributed by atoms with Crippen molar-refractivity contribution in [3.63, 3.8) is 0 Å². The molecule has 3 amide bonds. The average molecular weight is 423 g/mol. The van der Waals surface area contributed by atoms with Crippen LogP contribution in [0.15, 0.2) is 60.7 Å². The lowest BCUT2D eigenvalue weighted by molar-refractivity contribution is -0.169. The smallest absolute Gasteiger partial charge is 0.350 e. The van der Waals surface area contributed by atoms with Gasteiger partial charge in [0.2, 0.25) is 18.5 Å². The second-order valence-corrected chi connectivity index (χ2v) is 7.23. The molecule has 2 aromatic rings. The minimum absolute atomic E-state index is 0.0343. The number of para-hydroxylation sites is 1. The first-order valence-corrected chi connectivity index (χ1v) is 9.79. The highest BCUT2D eigenvalue weighted by molar-refractivity contribution is 5.98. The van der Waals surface area contributed by atoms with Gasteiger partial charge in [0, 0.05) is 6.54 Å². The molecule has 2 fully saturated rings. The first kappa shape index (κ1) is 20.4. The number of fused-ring (bicyclic) bond motifs is 1. The second-order valence-electron chi connectivity index (χ2n) is 7.23. The highest BCUT2D eigenvalue weighted by atomic mass is 16.5. The summed E-state index contributed by atoms with van der Waals surface area (Å²) >= 11 is 0. The minimum Gasteiger partial charge on any atom is -0.484 e. The monoisotopic (exact) mass is 423 g/mol. The van der Waals surface area contributed by atoms with Crippen LogP contribution in [0.4, 0.5) is 0 Å². The molecule has 160 valence electrons. The number of amides is 3. The Morgan fingerprint density at radius 2 is 1.74 bits per heavy atom. The van der Waals surface area contributed by atoms with E-state index >= 15 is 0 Å². The highest BCUT2D eigenvalue weighted by Crippen LogP contribution is 2.32. The Morgan fingerprint density at radius 1 is 1.06 bits per heavy atom. The minimum atomic E-state index is -1.13. The molecule has 2 unspecified atom stereocenters. The molecule has 0 spiro atoms. The maximum absolute atomic E-state index is 12.6. The predicted molar refractivity (Wildman–Crippen MR) is 107 cm³/mol. The van der Waals surface area contributed by atoms with Crippen LogP contribution in [-0.2, 0) is 30.5 Å². The number of nitrogens with zero attached hydrogens (tertiary/aromatic N) is 2. The van der Waals surface area contributed by atoms with E-state index < -0.39 is 36.0 Å². The van der Waals surface area contributed by atoms with Gasteiger partial charge in [-0.25, -0.2) is 4.79 Å². The molecule has 2 aromatic carbocycles. The van der Waals surface area contributed by atoms with Crippen LogP contribution in [-0.4, -0.2) is 65.4 Å². The number of esters is 1. The Morgan fingerprint density at radius 3 is 2.42 bits per heavy atom. The summed E-state index contributed by atoms with van der Waals surface area (Å²) in [4.78, 5) is 51.4. The lowest BCUT2D eigenvalue weighted by Crippen LogP contribution is -2.71. The van der Waals surface area contributed by atoms with Crippen LogP contribution in [0.1, 0.15) is 5.56 Å². The van der Waals surface area contributed by atoms with E-state index in [4.69, 9.17) is 9.47 Å². The van der Waals surface area contributed by atoms with Crippen molar-refractivity contribution in [2.75, 3.05) is 13.2 Å². The molecule has 1 N–H and O–H groups in total. The lowest BCUT2D eigenvalue weighted by atomic mass is 9.96. The average Bonchev–Trinajstić information content (AvgIpc) is 3.16. The van der Waals surface area contributed by atoms with Gasteiger partial charge in [-0.1, -0.05) is 48.5 Å². The summed E-state index contributed by atoms with van der Waals surface area (Å²) in [5.41, 5.74) is 0.793. The number of carbonyl (C=O) groups excluding carboxylic acids is 4. The summed E-state index contributed by atoms with van der Waals surface area (Å²) in [6.07, 6.45) is -0.621. The summed E-state index contributed by atoms with van der Waals surface area (Å²) in [5, 5.41) is 2.62. The molecule has 9 heteroatoms. The molecule has 31 heavy (non-hydrogen) atoms. The van der Waals surface area contributed by atoms with Gasteiger partial charge in [0.15, 0.2) is 6.61 Å². The fourth-order valence-electron chi connectivity index (χ4n) is 3.73. The van der Waals surface area contributed by atoms with Gasteiger partial charge >= 0.3 is 5.97 Å². The molecule has 0 saturated carbocycles. The third kappa shape index (κ3) is 4.20. The van der Waals surface area contributed by atoms with Gasteiger partial charge in [0.05, 0.1) is 6.04 Å². The van der Waals surface area contributed by atoms with Crippen LogP contribution in [0.2, 0.25) is 0 Å². The standard InChI is InChI=1S/C22H21N3O6/c26-14-24-11-17-19(23-18(27)13-30-16-9-5-2-6-10-16)21(28)25(17)20(24)22(29)31-12-15-7-3-1-4-8-15/h1-10,14,17,19-20H,11-13H2,(H,23,27)/t17?,19-,20?/m1/s1. The van der Waals surface area contributed by atoms with Crippen molar-refractivity contribution in [1.29, 1.82) is 0 Å². The molecule has 2 saturated heterocycles. The molecule has 2 aliphatic heterocycles. The Hall–Kier alpha value is -3.88. The third-order valence-electron chi connectivity index (χ3n) is 5.24. The number of hydrogen-bond donors (Lipinski definition) is 1. The van der Waals surface area contributed by atoms with Crippen molar-refractivity contribution >= 4 is 24.2 Å². The van der Waals surface area contributed by atoms with Crippen LogP contribution in [0.5, 0.6) is 5.75 Å². The van der Waals surface area contributed by atoms with Crippen molar-refractivity contribution in [2.45, 2.75) is 24.9 Å². The van der Waals surface area contributed by atoms with E-state index in [1.54, 1.807) is 36.4 Å². The fraction of sp³-hybridized carbons (Fsp3) is 0.273. The van der Waals surface area contributed by atoms with Crippen LogP contribution < -0.4 is 10.1 Å². The molecule has 9 nitrogen and oxygen atoms in total. The molecule has 3 atom stereocenters. The molecule has 0 bridgehead atoms. The summed E-state index contributed by atoms with van der Waals surface area (Å²) in [6.45, 7) is -0.0855. The topological polar surface area (TPSA) is 105 Å². The van der Waals surface area contributed by atoms with Gasteiger partial charge in [-0.2, -0.15) is 0 Å². The number of carbonyl (C=O) groups is 4. The number of benzene rings is 2. The second kappa shape index (κ2) is 8.86. The SMILES string of the molecule is O=CN1CC2[C@@H](NC(=O)COc3ccccc3)C(=O)N2C1C(=O)OCc1ccccc1. The van der Waals surface area contributed by atoms with Crippen molar-refractivity contribution in [1.82, 2.24) is 15.1 Å². The maximum atomic E-state index is 12.6.